The Morgan fingerprint density at radius 2 is 1.92 bits per heavy atom. The predicted molar refractivity (Wildman–Crippen MR) is 147 cm³/mol. The van der Waals surface area contributed by atoms with Crippen LogP contribution in [0.4, 0.5) is 0 Å². The molecule has 0 unspecified atom stereocenters. The SMILES string of the molecule is CCOc1cc(C)c(-c2nc3ccccc3c(=O)n2N=Cc2cc(Br)c(O)c(OC)c2)cc1C(C)C. The number of hydrogen-bond acceptors (Lipinski definition) is 6. The zero-order valence-electron chi connectivity index (χ0n) is 20.9. The summed E-state index contributed by atoms with van der Waals surface area (Å²) in [4.78, 5) is 18.5. The van der Waals surface area contributed by atoms with Crippen molar-refractivity contribution >= 4 is 33.0 Å². The van der Waals surface area contributed by atoms with Gasteiger partial charge in [-0.05, 0) is 88.8 Å². The molecule has 7 nitrogen and oxygen atoms in total. The number of aromatic hydroxyl groups is 1. The van der Waals surface area contributed by atoms with Gasteiger partial charge in [0.05, 0.1) is 35.3 Å². The molecule has 0 radical (unpaired) electrons. The molecule has 3 aromatic carbocycles. The van der Waals surface area contributed by atoms with E-state index < -0.39 is 0 Å². The lowest BCUT2D eigenvalue weighted by molar-refractivity contribution is 0.335. The first-order chi connectivity index (χ1) is 17.2. The molecule has 1 N–H and O–H groups in total. The second-order valence-corrected chi connectivity index (χ2v) is 9.51. The highest BCUT2D eigenvalue weighted by atomic mass is 79.9. The molecule has 0 amide bonds. The van der Waals surface area contributed by atoms with Crippen molar-refractivity contribution in [3.8, 4) is 28.6 Å². The summed E-state index contributed by atoms with van der Waals surface area (Å²) in [5.74, 6) is 1.75. The molecule has 36 heavy (non-hydrogen) atoms. The number of methoxy groups -OCH3 is 1. The molecule has 0 atom stereocenters. The molecule has 0 saturated carbocycles. The van der Waals surface area contributed by atoms with Crippen LogP contribution < -0.4 is 15.0 Å². The van der Waals surface area contributed by atoms with Crippen LogP contribution in [0.3, 0.4) is 0 Å². The van der Waals surface area contributed by atoms with Crippen LogP contribution in [0.15, 0.2) is 62.9 Å². The van der Waals surface area contributed by atoms with E-state index in [4.69, 9.17) is 14.5 Å². The van der Waals surface area contributed by atoms with E-state index in [2.05, 4.69) is 34.9 Å². The standard InChI is InChI=1S/C28H28BrN3O4/c1-6-36-24-11-17(4)21(14-20(24)16(2)3)27-31-23-10-8-7-9-19(23)28(34)32(27)30-15-18-12-22(29)26(33)25(13-18)35-5/h7-16,33H,6H2,1-5H3. The molecule has 1 heterocycles. The topological polar surface area (TPSA) is 85.9 Å². The number of aromatic nitrogens is 2. The van der Waals surface area contributed by atoms with E-state index in [1.54, 1.807) is 30.5 Å². The monoisotopic (exact) mass is 549 g/mol. The maximum atomic E-state index is 13.6. The number of phenolic OH excluding ortho intramolecular Hbond substituents is 1. The van der Waals surface area contributed by atoms with Crippen molar-refractivity contribution in [3.63, 3.8) is 0 Å². The van der Waals surface area contributed by atoms with Crippen molar-refractivity contribution in [2.45, 2.75) is 33.6 Å². The van der Waals surface area contributed by atoms with Crippen molar-refractivity contribution in [3.05, 3.63) is 80.0 Å². The van der Waals surface area contributed by atoms with Gasteiger partial charge in [0, 0.05) is 5.56 Å². The van der Waals surface area contributed by atoms with Crippen molar-refractivity contribution < 1.29 is 14.6 Å². The molecule has 0 aliphatic heterocycles. The summed E-state index contributed by atoms with van der Waals surface area (Å²) in [6.07, 6.45) is 1.54. The molecule has 4 aromatic rings. The highest BCUT2D eigenvalue weighted by Crippen LogP contribution is 2.36. The summed E-state index contributed by atoms with van der Waals surface area (Å²) < 4.78 is 12.9. The van der Waals surface area contributed by atoms with Crippen LogP contribution >= 0.6 is 15.9 Å². The fourth-order valence-corrected chi connectivity index (χ4v) is 4.48. The van der Waals surface area contributed by atoms with E-state index in [1.165, 1.54) is 11.8 Å². The number of nitrogens with zero attached hydrogens (tertiary/aromatic N) is 3. The van der Waals surface area contributed by atoms with E-state index in [0.29, 0.717) is 39.1 Å². The van der Waals surface area contributed by atoms with Crippen LogP contribution in [0, 0.1) is 6.92 Å². The first-order valence-electron chi connectivity index (χ1n) is 11.7. The zero-order valence-corrected chi connectivity index (χ0v) is 22.5. The van der Waals surface area contributed by atoms with E-state index in [0.717, 1.165) is 22.4 Å². The van der Waals surface area contributed by atoms with Crippen molar-refractivity contribution in [2.75, 3.05) is 13.7 Å². The van der Waals surface area contributed by atoms with Gasteiger partial charge in [0.15, 0.2) is 17.3 Å². The summed E-state index contributed by atoms with van der Waals surface area (Å²) in [7, 11) is 1.47. The Balaban J connectivity index is 1.97. The molecular formula is C28H28BrN3O4. The van der Waals surface area contributed by atoms with Gasteiger partial charge in [-0.2, -0.15) is 9.78 Å². The van der Waals surface area contributed by atoms with Gasteiger partial charge in [0.1, 0.15) is 5.75 Å². The summed E-state index contributed by atoms with van der Waals surface area (Å²) in [6.45, 7) is 8.70. The Hall–Kier alpha value is -3.65. The van der Waals surface area contributed by atoms with Crippen LogP contribution in [0.1, 0.15) is 43.4 Å². The lowest BCUT2D eigenvalue weighted by Crippen LogP contribution is -2.21. The molecule has 0 bridgehead atoms. The van der Waals surface area contributed by atoms with E-state index in [9.17, 15) is 9.90 Å². The number of aryl methyl sites for hydroxylation is 1. The quantitative estimate of drug-likeness (QED) is 0.275. The third-order valence-electron chi connectivity index (χ3n) is 5.87. The van der Waals surface area contributed by atoms with Gasteiger partial charge < -0.3 is 14.6 Å². The summed E-state index contributed by atoms with van der Waals surface area (Å²) in [5, 5.41) is 15.2. The molecule has 0 aliphatic rings. The fourth-order valence-electron chi connectivity index (χ4n) is 4.02. The van der Waals surface area contributed by atoms with Crippen LogP contribution in [-0.2, 0) is 0 Å². The van der Waals surface area contributed by atoms with Crippen LogP contribution in [0.5, 0.6) is 17.2 Å². The largest absolute Gasteiger partial charge is 0.503 e. The number of phenols is 1. The molecule has 4 rings (SSSR count). The van der Waals surface area contributed by atoms with Gasteiger partial charge in [0.2, 0.25) is 0 Å². The predicted octanol–water partition coefficient (Wildman–Crippen LogP) is 6.25. The number of fused-ring (bicyclic) bond motifs is 1. The number of para-hydroxylation sites is 1. The highest BCUT2D eigenvalue weighted by Gasteiger charge is 2.18. The van der Waals surface area contributed by atoms with E-state index >= 15 is 0 Å². The molecule has 0 spiro atoms. The Morgan fingerprint density at radius 1 is 1.17 bits per heavy atom. The van der Waals surface area contributed by atoms with E-state index in [1.807, 2.05) is 38.1 Å². The molecule has 8 heteroatoms. The first kappa shape index (κ1) is 25.4. The number of rotatable bonds is 7. The van der Waals surface area contributed by atoms with Crippen molar-refractivity contribution in [1.29, 1.82) is 0 Å². The fraction of sp³-hybridized carbons (Fsp3) is 0.250. The molecule has 0 aliphatic carbocycles. The summed E-state index contributed by atoms with van der Waals surface area (Å²) in [6, 6.07) is 14.6. The van der Waals surface area contributed by atoms with E-state index in [-0.39, 0.29) is 17.2 Å². The molecule has 0 fully saturated rings. The third kappa shape index (κ3) is 4.86. The maximum absolute atomic E-state index is 13.6. The van der Waals surface area contributed by atoms with Gasteiger partial charge in [-0.1, -0.05) is 26.0 Å². The minimum Gasteiger partial charge on any atom is -0.503 e. The number of halogens is 1. The van der Waals surface area contributed by atoms with Gasteiger partial charge in [-0.15, -0.1) is 0 Å². The van der Waals surface area contributed by atoms with Gasteiger partial charge in [-0.25, -0.2) is 4.98 Å². The average molecular weight is 550 g/mol. The number of hydrogen-bond donors (Lipinski definition) is 1. The second-order valence-electron chi connectivity index (χ2n) is 8.66. The minimum absolute atomic E-state index is 0.00824. The van der Waals surface area contributed by atoms with Crippen LogP contribution in [0.2, 0.25) is 0 Å². The Bertz CT molecular complexity index is 1530. The van der Waals surface area contributed by atoms with Gasteiger partial charge in [-0.3, -0.25) is 4.79 Å². The second kappa shape index (κ2) is 10.5. The summed E-state index contributed by atoms with van der Waals surface area (Å²) >= 11 is 3.33. The van der Waals surface area contributed by atoms with Gasteiger partial charge in [0.25, 0.3) is 5.56 Å². The normalized spacial score (nSPS) is 11.5. The highest BCUT2D eigenvalue weighted by molar-refractivity contribution is 9.10. The molecule has 186 valence electrons. The first-order valence-corrected chi connectivity index (χ1v) is 12.4. The number of ether oxygens (including phenoxy) is 2. The molecule has 0 saturated heterocycles. The van der Waals surface area contributed by atoms with Crippen LogP contribution in [0.25, 0.3) is 22.3 Å². The van der Waals surface area contributed by atoms with Gasteiger partial charge >= 0.3 is 0 Å². The van der Waals surface area contributed by atoms with Crippen molar-refractivity contribution in [1.82, 2.24) is 9.66 Å². The van der Waals surface area contributed by atoms with Crippen LogP contribution in [-0.4, -0.2) is 34.7 Å². The third-order valence-corrected chi connectivity index (χ3v) is 6.47. The van der Waals surface area contributed by atoms with Crippen molar-refractivity contribution in [2.24, 2.45) is 5.10 Å². The lowest BCUT2D eigenvalue weighted by Gasteiger charge is -2.18. The zero-order chi connectivity index (χ0) is 26.0. The molecular weight excluding hydrogens is 522 g/mol. The molecule has 1 aromatic heterocycles. The lowest BCUT2D eigenvalue weighted by atomic mass is 9.96. The Labute approximate surface area is 218 Å². The number of benzene rings is 3. The average Bonchev–Trinajstić information content (AvgIpc) is 2.85. The summed E-state index contributed by atoms with van der Waals surface area (Å²) in [5.41, 5.74) is 3.69. The Morgan fingerprint density at radius 3 is 2.61 bits per heavy atom. The Kier molecular flexibility index (Phi) is 7.45. The minimum atomic E-state index is -0.281. The maximum Gasteiger partial charge on any atom is 0.282 e. The smallest absolute Gasteiger partial charge is 0.282 e.